The van der Waals surface area contributed by atoms with Gasteiger partial charge in [-0.3, -0.25) is 9.55 Å². The Kier molecular flexibility index (Phi) is 3.69. The van der Waals surface area contributed by atoms with Crippen LogP contribution in [0.4, 0.5) is 5.82 Å². The Morgan fingerprint density at radius 1 is 1.29 bits per heavy atom. The molecule has 0 bridgehead atoms. The van der Waals surface area contributed by atoms with Gasteiger partial charge in [0, 0.05) is 25.4 Å². The summed E-state index contributed by atoms with van der Waals surface area (Å²) in [5.41, 5.74) is 0. The molecule has 2 heterocycles. The van der Waals surface area contributed by atoms with Gasteiger partial charge in [0.2, 0.25) is 0 Å². The molecule has 5 heteroatoms. The molecule has 0 aliphatic rings. The number of nitrogens with zero attached hydrogens (tertiary/aromatic N) is 4. The molecular weight excluding hydrogens is 214 g/mol. The molecule has 17 heavy (non-hydrogen) atoms. The van der Waals surface area contributed by atoms with Crippen LogP contribution in [0.2, 0.25) is 0 Å². The van der Waals surface area contributed by atoms with Gasteiger partial charge in [0.1, 0.15) is 11.6 Å². The third-order valence-corrected chi connectivity index (χ3v) is 2.42. The summed E-state index contributed by atoms with van der Waals surface area (Å²) in [4.78, 5) is 13.0. The van der Waals surface area contributed by atoms with E-state index in [4.69, 9.17) is 0 Å². The molecule has 0 spiro atoms. The first-order valence-corrected chi connectivity index (χ1v) is 5.93. The van der Waals surface area contributed by atoms with Crippen LogP contribution in [0.25, 0.3) is 5.82 Å². The van der Waals surface area contributed by atoms with Crippen molar-refractivity contribution in [3.63, 3.8) is 0 Å². The Balaban J connectivity index is 2.31. The largest absolute Gasteiger partial charge is 0.369 e. The van der Waals surface area contributed by atoms with Crippen molar-refractivity contribution in [2.45, 2.75) is 26.7 Å². The number of imidazole rings is 1. The van der Waals surface area contributed by atoms with E-state index < -0.39 is 0 Å². The van der Waals surface area contributed by atoms with Crippen LogP contribution in [0.15, 0.2) is 24.8 Å². The summed E-state index contributed by atoms with van der Waals surface area (Å²) in [6, 6.07) is 0. The summed E-state index contributed by atoms with van der Waals surface area (Å²) in [6.45, 7) is 5.01. The van der Waals surface area contributed by atoms with E-state index in [1.54, 1.807) is 18.6 Å². The van der Waals surface area contributed by atoms with Crippen LogP contribution in [0, 0.1) is 0 Å². The van der Waals surface area contributed by atoms with Gasteiger partial charge in [0.15, 0.2) is 5.82 Å². The van der Waals surface area contributed by atoms with Crippen molar-refractivity contribution in [2.24, 2.45) is 0 Å². The van der Waals surface area contributed by atoms with Crippen LogP contribution in [-0.2, 0) is 6.42 Å². The minimum atomic E-state index is 0.793. The lowest BCUT2D eigenvalue weighted by Gasteiger charge is -2.07. The van der Waals surface area contributed by atoms with Crippen LogP contribution in [0.3, 0.4) is 0 Å². The second kappa shape index (κ2) is 5.43. The van der Waals surface area contributed by atoms with Gasteiger partial charge in [0.05, 0.1) is 12.4 Å². The van der Waals surface area contributed by atoms with Crippen molar-refractivity contribution in [1.82, 2.24) is 19.5 Å². The number of aromatic nitrogens is 4. The Morgan fingerprint density at radius 3 is 2.94 bits per heavy atom. The molecule has 0 radical (unpaired) electrons. The first-order chi connectivity index (χ1) is 8.35. The van der Waals surface area contributed by atoms with Crippen LogP contribution in [0.5, 0.6) is 0 Å². The highest BCUT2D eigenvalue weighted by Crippen LogP contribution is 2.11. The number of hydrogen-bond acceptors (Lipinski definition) is 4. The van der Waals surface area contributed by atoms with Gasteiger partial charge < -0.3 is 5.32 Å². The number of anilines is 1. The minimum absolute atomic E-state index is 0.793. The van der Waals surface area contributed by atoms with Crippen LogP contribution >= 0.6 is 0 Å². The Bertz CT molecular complexity index is 477. The number of nitrogens with one attached hydrogen (secondary N) is 1. The fraction of sp³-hybridized carbons (Fsp3) is 0.417. The molecule has 0 saturated carbocycles. The number of hydrogen-bond donors (Lipinski definition) is 1. The van der Waals surface area contributed by atoms with E-state index >= 15 is 0 Å². The van der Waals surface area contributed by atoms with Gasteiger partial charge in [-0.1, -0.05) is 6.92 Å². The molecule has 5 nitrogen and oxygen atoms in total. The normalized spacial score (nSPS) is 10.5. The van der Waals surface area contributed by atoms with Crippen molar-refractivity contribution in [1.29, 1.82) is 0 Å². The van der Waals surface area contributed by atoms with E-state index in [-0.39, 0.29) is 0 Å². The predicted octanol–water partition coefficient (Wildman–Crippen LogP) is 2.05. The van der Waals surface area contributed by atoms with Gasteiger partial charge in [-0.25, -0.2) is 9.97 Å². The summed E-state index contributed by atoms with van der Waals surface area (Å²) in [6.07, 6.45) is 9.21. The molecule has 0 saturated heterocycles. The highest BCUT2D eigenvalue weighted by molar-refractivity contribution is 5.36. The SMILES string of the molecule is CCCc1nccn1-c1cncc(NCC)n1. The summed E-state index contributed by atoms with van der Waals surface area (Å²) in [7, 11) is 0. The molecule has 0 unspecified atom stereocenters. The van der Waals surface area contributed by atoms with Crippen molar-refractivity contribution in [3.8, 4) is 5.82 Å². The molecule has 0 fully saturated rings. The van der Waals surface area contributed by atoms with Crippen molar-refractivity contribution < 1.29 is 0 Å². The van der Waals surface area contributed by atoms with Crippen molar-refractivity contribution >= 4 is 5.82 Å². The lowest BCUT2D eigenvalue weighted by atomic mass is 10.3. The average Bonchev–Trinajstić information content (AvgIpc) is 2.79. The Labute approximate surface area is 101 Å². The van der Waals surface area contributed by atoms with Crippen LogP contribution in [0.1, 0.15) is 26.1 Å². The summed E-state index contributed by atoms with van der Waals surface area (Å²) in [5.74, 6) is 2.63. The molecule has 0 aliphatic carbocycles. The summed E-state index contributed by atoms with van der Waals surface area (Å²) >= 11 is 0. The molecule has 0 aliphatic heterocycles. The van der Waals surface area contributed by atoms with Crippen LogP contribution in [-0.4, -0.2) is 26.1 Å². The summed E-state index contributed by atoms with van der Waals surface area (Å²) in [5, 5.41) is 3.15. The fourth-order valence-electron chi connectivity index (χ4n) is 1.69. The molecule has 0 amide bonds. The topological polar surface area (TPSA) is 55.6 Å². The van der Waals surface area contributed by atoms with Crippen LogP contribution < -0.4 is 5.32 Å². The number of rotatable bonds is 5. The summed E-state index contributed by atoms with van der Waals surface area (Å²) < 4.78 is 1.98. The maximum atomic E-state index is 4.50. The van der Waals surface area contributed by atoms with E-state index in [1.807, 2.05) is 17.7 Å². The van der Waals surface area contributed by atoms with E-state index in [2.05, 4.69) is 27.2 Å². The van der Waals surface area contributed by atoms with Gasteiger partial charge in [-0.05, 0) is 13.3 Å². The lowest BCUT2D eigenvalue weighted by Crippen LogP contribution is -2.06. The predicted molar refractivity (Wildman–Crippen MR) is 67.3 cm³/mol. The molecule has 1 N–H and O–H groups in total. The lowest BCUT2D eigenvalue weighted by molar-refractivity contribution is 0.795. The molecule has 2 rings (SSSR count). The highest BCUT2D eigenvalue weighted by atomic mass is 15.2. The number of aryl methyl sites for hydroxylation is 1. The maximum absolute atomic E-state index is 4.50. The zero-order valence-electron chi connectivity index (χ0n) is 10.2. The van der Waals surface area contributed by atoms with E-state index in [0.29, 0.717) is 0 Å². The second-order valence-corrected chi connectivity index (χ2v) is 3.76. The molecule has 0 atom stereocenters. The monoisotopic (exact) mass is 231 g/mol. The van der Waals surface area contributed by atoms with Gasteiger partial charge in [0.25, 0.3) is 0 Å². The molecule has 2 aromatic heterocycles. The Hall–Kier alpha value is -1.91. The first-order valence-electron chi connectivity index (χ1n) is 5.93. The van der Waals surface area contributed by atoms with Gasteiger partial charge >= 0.3 is 0 Å². The smallest absolute Gasteiger partial charge is 0.159 e. The van der Waals surface area contributed by atoms with E-state index in [0.717, 1.165) is 36.8 Å². The van der Waals surface area contributed by atoms with Gasteiger partial charge in [-0.2, -0.15) is 0 Å². The third kappa shape index (κ3) is 2.61. The second-order valence-electron chi connectivity index (χ2n) is 3.76. The third-order valence-electron chi connectivity index (χ3n) is 2.42. The van der Waals surface area contributed by atoms with E-state index in [1.165, 1.54) is 0 Å². The zero-order chi connectivity index (χ0) is 12.1. The quantitative estimate of drug-likeness (QED) is 0.855. The van der Waals surface area contributed by atoms with Crippen molar-refractivity contribution in [3.05, 3.63) is 30.6 Å². The zero-order valence-corrected chi connectivity index (χ0v) is 10.2. The van der Waals surface area contributed by atoms with Crippen molar-refractivity contribution in [2.75, 3.05) is 11.9 Å². The average molecular weight is 231 g/mol. The fourth-order valence-corrected chi connectivity index (χ4v) is 1.69. The molecule has 90 valence electrons. The maximum Gasteiger partial charge on any atom is 0.159 e. The minimum Gasteiger partial charge on any atom is -0.369 e. The molecule has 0 aromatic carbocycles. The highest BCUT2D eigenvalue weighted by Gasteiger charge is 2.06. The Morgan fingerprint density at radius 2 is 2.18 bits per heavy atom. The standard InChI is InChI=1S/C12H17N5/c1-3-5-11-15-6-7-17(11)12-9-13-8-10(16-12)14-4-2/h6-9H,3-5H2,1-2H3,(H,14,16). The van der Waals surface area contributed by atoms with Gasteiger partial charge in [-0.15, -0.1) is 0 Å². The molecule has 2 aromatic rings. The molecular formula is C12H17N5. The first kappa shape index (κ1) is 11.6. The van der Waals surface area contributed by atoms with E-state index in [9.17, 15) is 0 Å².